The average Bonchev–Trinajstić information content (AvgIpc) is 2.85. The molecule has 14 heteroatoms. The van der Waals surface area contributed by atoms with Gasteiger partial charge in [-0.2, -0.15) is 0 Å². The summed E-state index contributed by atoms with van der Waals surface area (Å²) >= 11 is -4.56. The summed E-state index contributed by atoms with van der Waals surface area (Å²) in [6, 6.07) is 5.54. The van der Waals surface area contributed by atoms with Crippen LogP contribution in [0.25, 0.3) is 0 Å². The van der Waals surface area contributed by atoms with Gasteiger partial charge in [0, 0.05) is 0 Å². The van der Waals surface area contributed by atoms with Gasteiger partial charge in [-0.25, -0.2) is 0 Å². The van der Waals surface area contributed by atoms with Gasteiger partial charge in [0.25, 0.3) is 0 Å². The van der Waals surface area contributed by atoms with Gasteiger partial charge < -0.3 is 0 Å². The van der Waals surface area contributed by atoms with Crippen LogP contribution >= 0.6 is 0 Å². The third-order valence-corrected chi connectivity index (χ3v) is 30.3. The van der Waals surface area contributed by atoms with E-state index in [4.69, 9.17) is 4.48 Å². The number of fused-ring (bicyclic) bond motifs is 6. The molecule has 10 nitrogen and oxygen atoms in total. The zero-order valence-electron chi connectivity index (χ0n) is 18.6. The van der Waals surface area contributed by atoms with Gasteiger partial charge in [0.2, 0.25) is 0 Å². The van der Waals surface area contributed by atoms with Crippen molar-refractivity contribution in [2.45, 2.75) is 13.1 Å². The molecule has 33 heavy (non-hydrogen) atoms. The van der Waals surface area contributed by atoms with Crippen LogP contribution in [0.5, 0.6) is 0 Å². The van der Waals surface area contributed by atoms with Crippen molar-refractivity contribution >= 4 is 23.6 Å². The Bertz CT molecular complexity index is 886. The molecular formula is C19H26N6O4U2Y2. The van der Waals surface area contributed by atoms with Crippen molar-refractivity contribution < 1.29 is 130 Å². The maximum absolute atomic E-state index is 12.5. The van der Waals surface area contributed by atoms with Crippen LogP contribution < -0.4 is 10.6 Å². The molecule has 0 spiro atoms. The topological polar surface area (TPSA) is 89.6 Å². The third-order valence-electron chi connectivity index (χ3n) is 6.46. The van der Waals surface area contributed by atoms with Crippen LogP contribution in [-0.4, -0.2) is 78.2 Å². The number of amides is 2. The van der Waals surface area contributed by atoms with E-state index >= 15 is 0 Å². The summed E-state index contributed by atoms with van der Waals surface area (Å²) in [7, 11) is 0. The van der Waals surface area contributed by atoms with E-state index in [2.05, 4.69) is 24.5 Å². The number of carbonyl (C=O) groups excluding carboxylic acids is 2. The van der Waals surface area contributed by atoms with Crippen LogP contribution in [0.2, 0.25) is 0 Å². The number of hydrogen-bond donors (Lipinski definition) is 2. The van der Waals surface area contributed by atoms with E-state index in [9.17, 15) is 9.59 Å². The van der Waals surface area contributed by atoms with Crippen molar-refractivity contribution in [3.05, 3.63) is 23.8 Å². The van der Waals surface area contributed by atoms with Crippen molar-refractivity contribution in [1.29, 1.82) is 0 Å². The molecule has 7 rings (SSSR count). The molecule has 6 aliphatic rings. The summed E-state index contributed by atoms with van der Waals surface area (Å²) in [4.78, 5) is 30.0. The molecule has 6 heterocycles. The van der Waals surface area contributed by atoms with Crippen molar-refractivity contribution in [3.8, 4) is 0 Å². The number of carbonyl (C=O) groups is 2. The van der Waals surface area contributed by atoms with Gasteiger partial charge in [-0.15, -0.1) is 0 Å². The summed E-state index contributed by atoms with van der Waals surface area (Å²) in [5.41, 5.74) is 2.25. The minimum absolute atomic E-state index is 0.350. The Morgan fingerprint density at radius 2 is 1.48 bits per heavy atom. The average molecular weight is 1060 g/mol. The number of nitrogens with one attached hydrogen (secondary N) is 2. The quantitative estimate of drug-likeness (QED) is 0.436. The van der Waals surface area contributed by atoms with E-state index in [0.29, 0.717) is 17.5 Å². The second kappa shape index (κ2) is 12.6. The van der Waals surface area contributed by atoms with Crippen LogP contribution in [0.3, 0.4) is 0 Å². The van der Waals surface area contributed by atoms with Gasteiger partial charge in [0.05, 0.1) is 0 Å². The molecule has 1 aromatic carbocycles. The first kappa shape index (κ1) is 26.5. The fraction of sp³-hybridized carbons (Fsp3) is 0.579. The molecule has 6 unspecified atom stereocenters. The first-order valence-corrected chi connectivity index (χ1v) is 26.0. The molecule has 6 atom stereocenters. The molecule has 170 valence electrons. The van der Waals surface area contributed by atoms with Crippen LogP contribution in [0.1, 0.15) is 5.56 Å². The summed E-state index contributed by atoms with van der Waals surface area (Å²) in [5.74, 6) is 0. The van der Waals surface area contributed by atoms with Crippen LogP contribution in [-0.2, 0) is 63.6 Å². The second-order valence-corrected chi connectivity index (χ2v) is 24.7. The first-order chi connectivity index (χ1) is 16.0. The molecule has 1 aromatic rings. The van der Waals surface area contributed by atoms with Gasteiger partial charge in [0.15, 0.2) is 0 Å². The second-order valence-electron chi connectivity index (χ2n) is 8.69. The van der Waals surface area contributed by atoms with Crippen LogP contribution in [0.4, 0.5) is 21.0 Å². The number of hydrogen-bond acceptors (Lipinski definition) is 8. The summed E-state index contributed by atoms with van der Waals surface area (Å²) in [6.45, 7) is 8.87. The Morgan fingerprint density at radius 3 is 1.97 bits per heavy atom. The Kier molecular flexibility index (Phi) is 10.2. The number of nitrogens with zero attached hydrogens (tertiary/aromatic N) is 4. The van der Waals surface area contributed by atoms with Gasteiger partial charge in [-0.05, 0) is 0 Å². The molecule has 2 amide bonds. The van der Waals surface area contributed by atoms with Gasteiger partial charge in [-0.1, -0.05) is 0 Å². The fourth-order valence-electron chi connectivity index (χ4n) is 4.48. The van der Waals surface area contributed by atoms with Crippen molar-refractivity contribution in [1.82, 2.24) is 13.9 Å². The van der Waals surface area contributed by atoms with Crippen LogP contribution in [0, 0.1) is 63.4 Å². The molecule has 4 bridgehead atoms. The van der Waals surface area contributed by atoms with Crippen molar-refractivity contribution in [2.75, 3.05) is 56.6 Å². The standard InChI is InChI=1S/C9H10N2O4.2C5H9N2.2U.2Y/c1-5-2-3-6(10-8(12)13)4-7(5)11-9(14)15;2*1-7-4-2-6-3-5-7;;;;/h2-4,10-11H,1H3,(H,12,13)(H,14,15);2*2H,1,3-5H2;;;;/q;2*-1;4*+1/p-2. The van der Waals surface area contributed by atoms with E-state index < -0.39 is 116 Å². The van der Waals surface area contributed by atoms with Gasteiger partial charge in [0.1, 0.15) is 0 Å². The Morgan fingerprint density at radius 1 is 0.909 bits per heavy atom. The third kappa shape index (κ3) is 7.27. The fourth-order valence-corrected chi connectivity index (χ4v) is 26.9. The number of aryl methyl sites for hydroxylation is 1. The van der Waals surface area contributed by atoms with E-state index in [1.807, 2.05) is 19.1 Å². The molecule has 6 aliphatic heterocycles. The summed E-state index contributed by atoms with van der Waals surface area (Å²) in [6.07, 6.45) is -0.705. The van der Waals surface area contributed by atoms with Crippen molar-refractivity contribution in [2.24, 2.45) is 0 Å². The molecule has 0 radical (unpaired) electrons. The Hall–Kier alpha value is 1.91. The predicted molar refractivity (Wildman–Crippen MR) is 105 cm³/mol. The van der Waals surface area contributed by atoms with Gasteiger partial charge in [-0.3, -0.25) is 0 Å². The molecule has 6 saturated heterocycles. The zero-order chi connectivity index (χ0) is 22.8. The molecule has 0 saturated carbocycles. The van der Waals surface area contributed by atoms with Crippen molar-refractivity contribution in [3.63, 3.8) is 0 Å². The van der Waals surface area contributed by atoms with Gasteiger partial charge >= 0.3 is 260 Å². The number of benzene rings is 1. The van der Waals surface area contributed by atoms with Crippen LogP contribution in [0.15, 0.2) is 18.2 Å². The zero-order valence-corrected chi connectivity index (χ0v) is 32.6. The molecule has 0 aromatic heterocycles. The minimum atomic E-state index is -1.66. The van der Waals surface area contributed by atoms with E-state index in [1.54, 1.807) is 6.07 Å². The van der Waals surface area contributed by atoms with E-state index in [1.165, 1.54) is 32.9 Å². The molecule has 0 aliphatic carbocycles. The molecule has 2 N–H and O–H groups in total. The number of anilines is 2. The molecule has 6 fully saturated rings. The SMILES string of the molecule is Cc1ccc(NC(=O)[O][U][CH]2CN3CC[N]2[Y][CH2]3)cc1NC(=O)[O][U][CH]1CN2CC[N]1[Y][CH2]2. The summed E-state index contributed by atoms with van der Waals surface area (Å²) < 4.78 is 20.6. The Balaban J connectivity index is 1.09. The summed E-state index contributed by atoms with van der Waals surface area (Å²) in [5, 5.41) is 5.76. The number of rotatable bonds is 6. The predicted octanol–water partition coefficient (Wildman–Crippen LogP) is 0.917. The molecular weight excluding hydrogens is 1030 g/mol. The Labute approximate surface area is 256 Å². The first-order valence-electron chi connectivity index (χ1n) is 11.2. The maximum atomic E-state index is 12.5. The number of piperazine rings is 2. The monoisotopic (exact) mass is 1060 g/mol. The van der Waals surface area contributed by atoms with E-state index in [0.717, 1.165) is 18.7 Å². The normalized spacial score (nSPS) is 30.8. The van der Waals surface area contributed by atoms with E-state index in [-0.39, 0.29) is 12.2 Å².